The van der Waals surface area contributed by atoms with Gasteiger partial charge in [-0.25, -0.2) is 4.79 Å². The summed E-state index contributed by atoms with van der Waals surface area (Å²) in [6.07, 6.45) is 2.17. The summed E-state index contributed by atoms with van der Waals surface area (Å²) in [5, 5.41) is 9.11. The maximum absolute atomic E-state index is 11.1. The number of hydrogen-bond donors (Lipinski definition) is 1. The molecule has 23 heavy (non-hydrogen) atoms. The molecule has 0 radical (unpaired) electrons. The molecule has 1 N–H and O–H groups in total. The van der Waals surface area contributed by atoms with Crippen molar-refractivity contribution < 1.29 is 19.1 Å². The summed E-state index contributed by atoms with van der Waals surface area (Å²) < 4.78 is 11.0. The molecule has 0 spiro atoms. The van der Waals surface area contributed by atoms with Crippen molar-refractivity contribution in [2.75, 3.05) is 13.7 Å². The van der Waals surface area contributed by atoms with Gasteiger partial charge in [0.25, 0.3) is 0 Å². The smallest absolute Gasteiger partial charge is 0.372 e. The lowest BCUT2D eigenvalue weighted by Crippen LogP contribution is -2.22. The van der Waals surface area contributed by atoms with Crippen molar-refractivity contribution in [3.05, 3.63) is 53.0 Å². The number of carboxylic acid groups (broad SMARTS) is 1. The largest absolute Gasteiger partial charge is 0.496 e. The van der Waals surface area contributed by atoms with Crippen molar-refractivity contribution in [1.82, 2.24) is 4.90 Å². The van der Waals surface area contributed by atoms with E-state index in [1.54, 1.807) is 14.0 Å². The molecule has 1 atom stereocenters. The van der Waals surface area contributed by atoms with Crippen LogP contribution in [-0.4, -0.2) is 29.6 Å². The van der Waals surface area contributed by atoms with Gasteiger partial charge in [0.05, 0.1) is 13.7 Å². The Morgan fingerprint density at radius 2 is 2.22 bits per heavy atom. The molecule has 1 aromatic heterocycles. The van der Waals surface area contributed by atoms with Crippen LogP contribution in [0.4, 0.5) is 0 Å². The number of aryl methyl sites for hydroxylation is 1. The Kier molecular flexibility index (Phi) is 4.39. The molecule has 122 valence electrons. The van der Waals surface area contributed by atoms with Crippen LogP contribution < -0.4 is 4.74 Å². The molecular formula is C18H21NO4. The molecule has 1 unspecified atom stereocenters. The van der Waals surface area contributed by atoms with Crippen molar-refractivity contribution in [1.29, 1.82) is 0 Å². The van der Waals surface area contributed by atoms with Gasteiger partial charge in [-0.2, -0.15) is 0 Å². The van der Waals surface area contributed by atoms with Crippen molar-refractivity contribution in [2.24, 2.45) is 0 Å². The average Bonchev–Trinajstić information content (AvgIpc) is 3.14. The molecular weight excluding hydrogens is 294 g/mol. The van der Waals surface area contributed by atoms with E-state index in [1.165, 1.54) is 5.56 Å². The number of furan rings is 1. The van der Waals surface area contributed by atoms with E-state index in [4.69, 9.17) is 14.3 Å². The second-order valence-corrected chi connectivity index (χ2v) is 5.90. The zero-order valence-electron chi connectivity index (χ0n) is 13.4. The monoisotopic (exact) mass is 315 g/mol. The minimum atomic E-state index is -1.02. The predicted octanol–water partition coefficient (Wildman–Crippen LogP) is 3.63. The van der Waals surface area contributed by atoms with Crippen LogP contribution in [0.5, 0.6) is 5.75 Å². The number of hydrogen-bond acceptors (Lipinski definition) is 4. The summed E-state index contributed by atoms with van der Waals surface area (Å²) in [5.41, 5.74) is 1.84. The van der Waals surface area contributed by atoms with E-state index in [1.807, 2.05) is 24.3 Å². The van der Waals surface area contributed by atoms with E-state index >= 15 is 0 Å². The lowest BCUT2D eigenvalue weighted by atomic mass is 10.0. The normalized spacial score (nSPS) is 18.3. The highest BCUT2D eigenvalue weighted by Gasteiger charge is 2.29. The van der Waals surface area contributed by atoms with Crippen LogP contribution >= 0.6 is 0 Å². The molecule has 1 fully saturated rings. The van der Waals surface area contributed by atoms with Crippen molar-refractivity contribution in [3.8, 4) is 5.75 Å². The van der Waals surface area contributed by atoms with E-state index < -0.39 is 5.97 Å². The third kappa shape index (κ3) is 3.10. The molecule has 0 saturated carbocycles. The van der Waals surface area contributed by atoms with Crippen LogP contribution in [0, 0.1) is 6.92 Å². The molecule has 1 aromatic carbocycles. The molecule has 0 bridgehead atoms. The molecule has 0 amide bonds. The number of methoxy groups -OCH3 is 1. The van der Waals surface area contributed by atoms with E-state index in [0.717, 1.165) is 25.1 Å². The highest BCUT2D eigenvalue weighted by atomic mass is 16.5. The first-order chi connectivity index (χ1) is 11.1. The number of likely N-dealkylation sites (tertiary alicyclic amines) is 1. The molecule has 1 aliphatic rings. The third-order valence-electron chi connectivity index (χ3n) is 4.38. The van der Waals surface area contributed by atoms with Crippen LogP contribution in [0.15, 0.2) is 34.7 Å². The minimum Gasteiger partial charge on any atom is -0.496 e. The van der Waals surface area contributed by atoms with Crippen LogP contribution in [0.1, 0.15) is 46.3 Å². The highest BCUT2D eigenvalue weighted by molar-refractivity contribution is 5.86. The fourth-order valence-corrected chi connectivity index (χ4v) is 3.35. The Hall–Kier alpha value is -2.27. The zero-order valence-corrected chi connectivity index (χ0v) is 13.4. The Labute approximate surface area is 135 Å². The second-order valence-electron chi connectivity index (χ2n) is 5.90. The van der Waals surface area contributed by atoms with Gasteiger partial charge in [-0.1, -0.05) is 18.2 Å². The van der Waals surface area contributed by atoms with E-state index in [-0.39, 0.29) is 11.8 Å². The number of carbonyl (C=O) groups is 1. The topological polar surface area (TPSA) is 62.9 Å². The average molecular weight is 315 g/mol. The highest BCUT2D eigenvalue weighted by Crippen LogP contribution is 2.37. The van der Waals surface area contributed by atoms with E-state index in [0.29, 0.717) is 17.9 Å². The summed E-state index contributed by atoms with van der Waals surface area (Å²) in [6, 6.07) is 10.2. The van der Waals surface area contributed by atoms with Crippen LogP contribution in [0.3, 0.4) is 0 Å². The lowest BCUT2D eigenvalue weighted by molar-refractivity contribution is 0.0657. The first-order valence-corrected chi connectivity index (χ1v) is 7.79. The Balaban J connectivity index is 1.82. The van der Waals surface area contributed by atoms with E-state index in [2.05, 4.69) is 11.0 Å². The lowest BCUT2D eigenvalue weighted by Gasteiger charge is -2.25. The van der Waals surface area contributed by atoms with Gasteiger partial charge in [0.1, 0.15) is 11.5 Å². The quantitative estimate of drug-likeness (QED) is 0.913. The molecule has 1 aliphatic heterocycles. The maximum Gasteiger partial charge on any atom is 0.372 e. The number of para-hydroxylation sites is 1. The van der Waals surface area contributed by atoms with Gasteiger partial charge in [-0.15, -0.1) is 0 Å². The third-order valence-corrected chi connectivity index (χ3v) is 4.38. The summed E-state index contributed by atoms with van der Waals surface area (Å²) in [4.78, 5) is 13.4. The Bertz CT molecular complexity index is 707. The molecule has 2 heterocycles. The van der Waals surface area contributed by atoms with Gasteiger partial charge in [0.15, 0.2) is 0 Å². The number of ether oxygens (including phenoxy) is 1. The predicted molar refractivity (Wildman–Crippen MR) is 85.8 cm³/mol. The second kappa shape index (κ2) is 6.46. The number of rotatable bonds is 5. The molecule has 5 nitrogen and oxygen atoms in total. The van der Waals surface area contributed by atoms with Gasteiger partial charge in [0.2, 0.25) is 5.76 Å². The molecule has 1 saturated heterocycles. The van der Waals surface area contributed by atoms with Crippen molar-refractivity contribution >= 4 is 5.97 Å². The SMILES string of the molecule is COc1ccccc1C1CCCN1Cc1cc(C)c(C(=O)O)o1. The molecule has 0 aliphatic carbocycles. The fourth-order valence-electron chi connectivity index (χ4n) is 3.35. The number of benzene rings is 1. The fraction of sp³-hybridized carbons (Fsp3) is 0.389. The van der Waals surface area contributed by atoms with Gasteiger partial charge in [-0.05, 0) is 38.4 Å². The Morgan fingerprint density at radius 3 is 2.91 bits per heavy atom. The van der Waals surface area contributed by atoms with Gasteiger partial charge >= 0.3 is 5.97 Å². The summed E-state index contributed by atoms with van der Waals surface area (Å²) >= 11 is 0. The summed E-state index contributed by atoms with van der Waals surface area (Å²) in [6.45, 7) is 3.33. The van der Waals surface area contributed by atoms with Crippen LogP contribution in [0.2, 0.25) is 0 Å². The molecule has 2 aromatic rings. The van der Waals surface area contributed by atoms with Gasteiger partial charge < -0.3 is 14.3 Å². The first-order valence-electron chi connectivity index (χ1n) is 7.79. The molecule has 3 rings (SSSR count). The maximum atomic E-state index is 11.1. The Morgan fingerprint density at radius 1 is 1.43 bits per heavy atom. The van der Waals surface area contributed by atoms with Gasteiger partial charge in [-0.3, -0.25) is 4.90 Å². The standard InChI is InChI=1S/C18H21NO4/c1-12-10-13(23-17(12)18(20)21)11-19-9-5-7-15(19)14-6-3-4-8-16(14)22-2/h3-4,6,8,10,15H,5,7,9,11H2,1-2H3,(H,20,21). The number of aromatic carboxylic acids is 1. The zero-order chi connectivity index (χ0) is 16.4. The van der Waals surface area contributed by atoms with Crippen molar-refractivity contribution in [2.45, 2.75) is 32.4 Å². The summed E-state index contributed by atoms with van der Waals surface area (Å²) in [7, 11) is 1.69. The van der Waals surface area contributed by atoms with Crippen LogP contribution in [-0.2, 0) is 6.54 Å². The van der Waals surface area contributed by atoms with Crippen LogP contribution in [0.25, 0.3) is 0 Å². The molecule has 5 heteroatoms. The summed E-state index contributed by atoms with van der Waals surface area (Å²) in [5.74, 6) is 0.609. The number of nitrogens with zero attached hydrogens (tertiary/aromatic N) is 1. The number of carboxylic acids is 1. The first kappa shape index (κ1) is 15.6. The van der Waals surface area contributed by atoms with Gasteiger partial charge in [0, 0.05) is 17.2 Å². The van der Waals surface area contributed by atoms with Crippen molar-refractivity contribution in [3.63, 3.8) is 0 Å². The van der Waals surface area contributed by atoms with E-state index in [9.17, 15) is 4.79 Å². The minimum absolute atomic E-state index is 0.0352.